The van der Waals surface area contributed by atoms with Gasteiger partial charge in [-0.15, -0.1) is 0 Å². The number of anilines is 1. The van der Waals surface area contributed by atoms with E-state index in [0.29, 0.717) is 18.9 Å². The SMILES string of the molecule is CC[C@H](N)C(=O)N[C@H](C=CC(=O)N1CCc2ccccc21)CC1CCCCC1. The molecule has 1 aliphatic heterocycles. The third-order valence-electron chi connectivity index (χ3n) is 6.04. The summed E-state index contributed by atoms with van der Waals surface area (Å²) in [5.41, 5.74) is 8.11. The summed E-state index contributed by atoms with van der Waals surface area (Å²) in [4.78, 5) is 26.9. The highest BCUT2D eigenvalue weighted by Gasteiger charge is 2.24. The van der Waals surface area contributed by atoms with Crippen molar-refractivity contribution in [2.75, 3.05) is 11.4 Å². The summed E-state index contributed by atoms with van der Waals surface area (Å²) in [6, 6.07) is 7.40. The Balaban J connectivity index is 1.66. The van der Waals surface area contributed by atoms with E-state index in [2.05, 4.69) is 11.4 Å². The maximum absolute atomic E-state index is 12.8. The van der Waals surface area contributed by atoms with Crippen molar-refractivity contribution < 1.29 is 9.59 Å². The number of fused-ring (bicyclic) bond motifs is 1. The van der Waals surface area contributed by atoms with Gasteiger partial charge in [0.1, 0.15) is 0 Å². The monoisotopic (exact) mass is 383 g/mol. The number of hydrogen-bond donors (Lipinski definition) is 2. The second-order valence-corrected chi connectivity index (χ2v) is 8.10. The summed E-state index contributed by atoms with van der Waals surface area (Å²) in [7, 11) is 0. The average molecular weight is 384 g/mol. The van der Waals surface area contributed by atoms with Crippen LogP contribution in [0.1, 0.15) is 57.4 Å². The predicted octanol–water partition coefficient (Wildman–Crippen LogP) is 3.32. The average Bonchev–Trinajstić information content (AvgIpc) is 3.16. The van der Waals surface area contributed by atoms with E-state index in [1.54, 1.807) is 6.08 Å². The Kier molecular flexibility index (Phi) is 7.26. The van der Waals surface area contributed by atoms with Gasteiger partial charge in [-0.2, -0.15) is 0 Å². The summed E-state index contributed by atoms with van der Waals surface area (Å²) in [5.74, 6) is 0.448. The standard InChI is InChI=1S/C23H33N3O2/c1-2-20(24)23(28)25-19(16-17-8-4-3-5-9-17)12-13-22(27)26-15-14-18-10-6-7-11-21(18)26/h6-7,10-13,17,19-20H,2-5,8-9,14-16,24H2,1H3,(H,25,28)/t19-,20+/m1/s1. The molecule has 5 nitrogen and oxygen atoms in total. The Bertz CT molecular complexity index is 710. The van der Waals surface area contributed by atoms with Crippen LogP contribution in [0.15, 0.2) is 36.4 Å². The Morgan fingerprint density at radius 2 is 2.00 bits per heavy atom. The first-order valence-corrected chi connectivity index (χ1v) is 10.7. The Morgan fingerprint density at radius 1 is 1.25 bits per heavy atom. The Labute approximate surface area is 168 Å². The third-order valence-corrected chi connectivity index (χ3v) is 6.04. The van der Waals surface area contributed by atoms with Gasteiger partial charge in [-0.1, -0.05) is 63.3 Å². The van der Waals surface area contributed by atoms with Gasteiger partial charge in [0, 0.05) is 24.4 Å². The van der Waals surface area contributed by atoms with Crippen molar-refractivity contribution in [1.82, 2.24) is 5.32 Å². The molecule has 0 bridgehead atoms. The van der Waals surface area contributed by atoms with Crippen LogP contribution in [0, 0.1) is 5.92 Å². The number of carbonyl (C=O) groups is 2. The van der Waals surface area contributed by atoms with Gasteiger partial charge >= 0.3 is 0 Å². The van der Waals surface area contributed by atoms with Crippen molar-refractivity contribution in [3.8, 4) is 0 Å². The summed E-state index contributed by atoms with van der Waals surface area (Å²) in [5, 5.41) is 3.06. The third kappa shape index (κ3) is 5.22. The summed E-state index contributed by atoms with van der Waals surface area (Å²) in [6.07, 6.45) is 12.1. The molecule has 1 heterocycles. The van der Waals surface area contributed by atoms with E-state index in [-0.39, 0.29) is 17.9 Å². The van der Waals surface area contributed by atoms with Crippen molar-refractivity contribution in [3.05, 3.63) is 42.0 Å². The quantitative estimate of drug-likeness (QED) is 0.709. The summed E-state index contributed by atoms with van der Waals surface area (Å²) in [6.45, 7) is 2.62. The fraction of sp³-hybridized carbons (Fsp3) is 0.565. The van der Waals surface area contributed by atoms with Gasteiger partial charge in [-0.05, 0) is 36.8 Å². The number of para-hydroxylation sites is 1. The number of nitrogens with zero attached hydrogens (tertiary/aromatic N) is 1. The molecule has 0 radical (unpaired) electrons. The van der Waals surface area contributed by atoms with Gasteiger partial charge in [-0.25, -0.2) is 0 Å². The molecule has 0 saturated heterocycles. The number of rotatable bonds is 7. The van der Waals surface area contributed by atoms with Crippen LogP contribution in [0.4, 0.5) is 5.69 Å². The second-order valence-electron chi connectivity index (χ2n) is 8.10. The van der Waals surface area contributed by atoms with Crippen LogP contribution in [0.2, 0.25) is 0 Å². The molecule has 1 fully saturated rings. The van der Waals surface area contributed by atoms with E-state index in [1.807, 2.05) is 36.1 Å². The Morgan fingerprint density at radius 3 is 2.75 bits per heavy atom. The maximum Gasteiger partial charge on any atom is 0.250 e. The minimum atomic E-state index is -0.497. The van der Waals surface area contributed by atoms with Crippen LogP contribution in [0.25, 0.3) is 0 Å². The predicted molar refractivity (Wildman–Crippen MR) is 113 cm³/mol. The van der Waals surface area contributed by atoms with E-state index in [9.17, 15) is 9.59 Å². The molecule has 1 aromatic rings. The molecular formula is C23H33N3O2. The Hall–Kier alpha value is -2.14. The lowest BCUT2D eigenvalue weighted by Gasteiger charge is -2.26. The fourth-order valence-corrected chi connectivity index (χ4v) is 4.30. The second kappa shape index (κ2) is 9.87. The molecule has 28 heavy (non-hydrogen) atoms. The lowest BCUT2D eigenvalue weighted by molar-refractivity contribution is -0.123. The van der Waals surface area contributed by atoms with Crippen LogP contribution in [0.5, 0.6) is 0 Å². The first-order valence-electron chi connectivity index (χ1n) is 10.7. The van der Waals surface area contributed by atoms with Crippen LogP contribution >= 0.6 is 0 Å². The van der Waals surface area contributed by atoms with Gasteiger partial charge in [0.05, 0.1) is 6.04 Å². The van der Waals surface area contributed by atoms with E-state index in [1.165, 1.54) is 37.7 Å². The first kappa shape index (κ1) is 20.6. The topological polar surface area (TPSA) is 75.4 Å². The lowest BCUT2D eigenvalue weighted by Crippen LogP contribution is -2.45. The van der Waals surface area contributed by atoms with Crippen molar-refractivity contribution in [3.63, 3.8) is 0 Å². The molecule has 2 aliphatic rings. The molecule has 1 aromatic carbocycles. The maximum atomic E-state index is 12.8. The molecule has 2 atom stereocenters. The minimum Gasteiger partial charge on any atom is -0.349 e. The molecular weight excluding hydrogens is 350 g/mol. The molecule has 0 spiro atoms. The largest absolute Gasteiger partial charge is 0.349 e. The van der Waals surface area contributed by atoms with Gasteiger partial charge in [-0.3, -0.25) is 9.59 Å². The molecule has 3 N–H and O–H groups in total. The highest BCUT2D eigenvalue weighted by atomic mass is 16.2. The molecule has 0 aromatic heterocycles. The zero-order valence-corrected chi connectivity index (χ0v) is 16.9. The zero-order valence-electron chi connectivity index (χ0n) is 16.9. The van der Waals surface area contributed by atoms with Gasteiger partial charge in [0.25, 0.3) is 5.91 Å². The number of benzene rings is 1. The van der Waals surface area contributed by atoms with Gasteiger partial charge in [0.2, 0.25) is 5.91 Å². The van der Waals surface area contributed by atoms with Crippen molar-refractivity contribution in [2.24, 2.45) is 11.7 Å². The smallest absolute Gasteiger partial charge is 0.250 e. The summed E-state index contributed by atoms with van der Waals surface area (Å²) >= 11 is 0. The molecule has 2 amide bonds. The van der Waals surface area contributed by atoms with Crippen LogP contribution in [-0.4, -0.2) is 30.4 Å². The van der Waals surface area contributed by atoms with Gasteiger partial charge < -0.3 is 16.0 Å². The van der Waals surface area contributed by atoms with E-state index < -0.39 is 6.04 Å². The van der Waals surface area contributed by atoms with E-state index in [4.69, 9.17) is 5.73 Å². The number of amides is 2. The summed E-state index contributed by atoms with van der Waals surface area (Å²) < 4.78 is 0. The number of nitrogens with one attached hydrogen (secondary N) is 1. The van der Waals surface area contributed by atoms with Crippen molar-refractivity contribution in [2.45, 2.75) is 70.4 Å². The highest BCUT2D eigenvalue weighted by Crippen LogP contribution is 2.29. The fourth-order valence-electron chi connectivity index (χ4n) is 4.30. The minimum absolute atomic E-state index is 0.0207. The number of carbonyl (C=O) groups excluding carboxylic acids is 2. The first-order chi connectivity index (χ1) is 13.6. The van der Waals surface area contributed by atoms with Gasteiger partial charge in [0.15, 0.2) is 0 Å². The van der Waals surface area contributed by atoms with E-state index in [0.717, 1.165) is 18.5 Å². The molecule has 1 aliphatic carbocycles. The number of hydrogen-bond acceptors (Lipinski definition) is 3. The molecule has 3 rings (SSSR count). The lowest BCUT2D eigenvalue weighted by atomic mass is 9.84. The number of nitrogens with two attached hydrogens (primary N) is 1. The molecule has 5 heteroatoms. The van der Waals surface area contributed by atoms with Crippen molar-refractivity contribution in [1.29, 1.82) is 0 Å². The molecule has 0 unspecified atom stereocenters. The van der Waals surface area contributed by atoms with Crippen LogP contribution in [0.3, 0.4) is 0 Å². The van der Waals surface area contributed by atoms with Crippen molar-refractivity contribution >= 4 is 17.5 Å². The van der Waals surface area contributed by atoms with Crippen LogP contribution < -0.4 is 16.0 Å². The zero-order chi connectivity index (χ0) is 19.9. The highest BCUT2D eigenvalue weighted by molar-refractivity contribution is 6.03. The molecule has 1 saturated carbocycles. The normalized spacial score (nSPS) is 19.4. The molecule has 152 valence electrons. The van der Waals surface area contributed by atoms with Crippen LogP contribution in [-0.2, 0) is 16.0 Å². The van der Waals surface area contributed by atoms with E-state index >= 15 is 0 Å².